The number of nitrogens with one attached hydrogen (secondary N) is 1. The van der Waals surface area contributed by atoms with Crippen LogP contribution in [0.25, 0.3) is 0 Å². The number of hydrogen-bond donors (Lipinski definition) is 2. The number of nitrogens with two attached hydrogens (primary N) is 1. The minimum Gasteiger partial charge on any atom is -0.398 e. The first-order valence-corrected chi connectivity index (χ1v) is 7.54. The maximum absolute atomic E-state index is 12.1. The molecular weight excluding hydrogens is 322 g/mol. The molecule has 5 nitrogen and oxygen atoms in total. The molecule has 1 aliphatic heterocycles. The van der Waals surface area contributed by atoms with Crippen molar-refractivity contribution in [3.05, 3.63) is 28.2 Å². The minimum atomic E-state index is -0.228. The van der Waals surface area contributed by atoms with Crippen LogP contribution in [0.1, 0.15) is 12.5 Å². The lowest BCUT2D eigenvalue weighted by Crippen LogP contribution is -2.53. The van der Waals surface area contributed by atoms with Crippen LogP contribution in [-0.4, -0.2) is 43.2 Å². The SMILES string of the molecule is CCNC(=O)C1COCCN1Cc1ccc(Br)c(N)c1. The van der Waals surface area contributed by atoms with Gasteiger partial charge in [-0.1, -0.05) is 6.07 Å². The quantitative estimate of drug-likeness (QED) is 0.811. The standard InChI is InChI=1S/C14H20BrN3O2/c1-2-17-14(19)13-9-20-6-5-18(13)8-10-3-4-11(15)12(16)7-10/h3-4,7,13H,2,5-6,8-9,16H2,1H3,(H,17,19). The zero-order valence-electron chi connectivity index (χ0n) is 11.6. The molecule has 1 saturated heterocycles. The average molecular weight is 342 g/mol. The molecule has 3 N–H and O–H groups in total. The van der Waals surface area contributed by atoms with Crippen LogP contribution in [0.3, 0.4) is 0 Å². The third-order valence-corrected chi connectivity index (χ3v) is 4.06. The summed E-state index contributed by atoms with van der Waals surface area (Å²) in [4.78, 5) is 14.2. The fourth-order valence-electron chi connectivity index (χ4n) is 2.29. The minimum absolute atomic E-state index is 0.0253. The van der Waals surface area contributed by atoms with Crippen LogP contribution in [0.5, 0.6) is 0 Å². The van der Waals surface area contributed by atoms with Crippen molar-refractivity contribution in [3.63, 3.8) is 0 Å². The van der Waals surface area contributed by atoms with Gasteiger partial charge in [0.1, 0.15) is 6.04 Å². The third-order valence-electron chi connectivity index (χ3n) is 3.34. The van der Waals surface area contributed by atoms with Gasteiger partial charge < -0.3 is 15.8 Å². The number of carbonyl (C=O) groups is 1. The number of amides is 1. The lowest BCUT2D eigenvalue weighted by atomic mass is 10.1. The van der Waals surface area contributed by atoms with Gasteiger partial charge in [0, 0.05) is 29.8 Å². The number of ether oxygens (including phenoxy) is 1. The van der Waals surface area contributed by atoms with E-state index in [4.69, 9.17) is 10.5 Å². The summed E-state index contributed by atoms with van der Waals surface area (Å²) in [6, 6.07) is 5.67. The number of likely N-dealkylation sites (N-methyl/N-ethyl adjacent to an activating group) is 1. The summed E-state index contributed by atoms with van der Waals surface area (Å²) in [5.74, 6) is 0.0253. The molecule has 1 aromatic rings. The zero-order valence-corrected chi connectivity index (χ0v) is 13.1. The summed E-state index contributed by atoms with van der Waals surface area (Å²) < 4.78 is 6.32. The van der Waals surface area contributed by atoms with Crippen molar-refractivity contribution >= 4 is 27.5 Å². The highest BCUT2D eigenvalue weighted by atomic mass is 79.9. The molecule has 1 atom stereocenters. The van der Waals surface area contributed by atoms with E-state index in [2.05, 4.69) is 26.1 Å². The maximum Gasteiger partial charge on any atom is 0.239 e. The van der Waals surface area contributed by atoms with E-state index in [9.17, 15) is 4.79 Å². The van der Waals surface area contributed by atoms with Gasteiger partial charge in [-0.25, -0.2) is 0 Å². The van der Waals surface area contributed by atoms with Crippen LogP contribution in [0.2, 0.25) is 0 Å². The van der Waals surface area contributed by atoms with Crippen molar-refractivity contribution in [2.75, 3.05) is 32.0 Å². The van der Waals surface area contributed by atoms with Gasteiger partial charge in [-0.15, -0.1) is 0 Å². The van der Waals surface area contributed by atoms with Gasteiger partial charge in [0.05, 0.1) is 13.2 Å². The van der Waals surface area contributed by atoms with Crippen molar-refractivity contribution in [1.29, 1.82) is 0 Å². The number of morpholine rings is 1. The Morgan fingerprint density at radius 3 is 3.10 bits per heavy atom. The van der Waals surface area contributed by atoms with Crippen molar-refractivity contribution in [1.82, 2.24) is 10.2 Å². The van der Waals surface area contributed by atoms with E-state index in [1.807, 2.05) is 25.1 Å². The van der Waals surface area contributed by atoms with Crippen LogP contribution >= 0.6 is 15.9 Å². The van der Waals surface area contributed by atoms with Crippen molar-refractivity contribution in [3.8, 4) is 0 Å². The van der Waals surface area contributed by atoms with Crippen molar-refractivity contribution < 1.29 is 9.53 Å². The Labute approximate surface area is 127 Å². The second-order valence-electron chi connectivity index (χ2n) is 4.81. The van der Waals surface area contributed by atoms with E-state index in [0.29, 0.717) is 32.0 Å². The highest BCUT2D eigenvalue weighted by molar-refractivity contribution is 9.10. The number of anilines is 1. The molecule has 0 aliphatic carbocycles. The Hall–Kier alpha value is -1.11. The Kier molecular flexibility index (Phi) is 5.39. The summed E-state index contributed by atoms with van der Waals surface area (Å²) in [5, 5.41) is 2.86. The second kappa shape index (κ2) is 7.06. The molecular formula is C14H20BrN3O2. The van der Waals surface area contributed by atoms with Gasteiger partial charge in [-0.05, 0) is 40.5 Å². The van der Waals surface area contributed by atoms with Gasteiger partial charge in [-0.2, -0.15) is 0 Å². The van der Waals surface area contributed by atoms with E-state index < -0.39 is 0 Å². The van der Waals surface area contributed by atoms with Crippen LogP contribution < -0.4 is 11.1 Å². The lowest BCUT2D eigenvalue weighted by Gasteiger charge is -2.34. The number of nitrogens with zero attached hydrogens (tertiary/aromatic N) is 1. The topological polar surface area (TPSA) is 67.6 Å². The maximum atomic E-state index is 12.1. The molecule has 1 aliphatic rings. The van der Waals surface area contributed by atoms with Gasteiger partial charge in [0.2, 0.25) is 5.91 Å². The fraction of sp³-hybridized carbons (Fsp3) is 0.500. The molecule has 1 unspecified atom stereocenters. The van der Waals surface area contributed by atoms with Crippen LogP contribution in [0, 0.1) is 0 Å². The predicted molar refractivity (Wildman–Crippen MR) is 82.3 cm³/mol. The van der Waals surface area contributed by atoms with Gasteiger partial charge in [0.15, 0.2) is 0 Å². The molecule has 6 heteroatoms. The molecule has 1 fully saturated rings. The Morgan fingerprint density at radius 1 is 1.60 bits per heavy atom. The van der Waals surface area contributed by atoms with Crippen molar-refractivity contribution in [2.24, 2.45) is 0 Å². The Balaban J connectivity index is 2.08. The Morgan fingerprint density at radius 2 is 2.40 bits per heavy atom. The zero-order chi connectivity index (χ0) is 14.5. The Bertz CT molecular complexity index is 481. The smallest absolute Gasteiger partial charge is 0.239 e. The van der Waals surface area contributed by atoms with Crippen molar-refractivity contribution in [2.45, 2.75) is 19.5 Å². The first kappa shape index (κ1) is 15.3. The number of carbonyl (C=O) groups excluding carboxylic acids is 1. The predicted octanol–water partition coefficient (Wildman–Crippen LogP) is 1.37. The average Bonchev–Trinajstić information content (AvgIpc) is 2.44. The number of nitrogen functional groups attached to an aromatic ring is 1. The van der Waals surface area contributed by atoms with Gasteiger partial charge in [-0.3, -0.25) is 9.69 Å². The van der Waals surface area contributed by atoms with Crippen LogP contribution in [0.15, 0.2) is 22.7 Å². The summed E-state index contributed by atoms with van der Waals surface area (Å²) in [7, 11) is 0. The highest BCUT2D eigenvalue weighted by Gasteiger charge is 2.28. The molecule has 0 spiro atoms. The molecule has 110 valence electrons. The summed E-state index contributed by atoms with van der Waals surface area (Å²) in [6.45, 7) is 5.09. The monoisotopic (exact) mass is 341 g/mol. The van der Waals surface area contributed by atoms with Gasteiger partial charge in [0.25, 0.3) is 0 Å². The summed E-state index contributed by atoms with van der Waals surface area (Å²) in [6.07, 6.45) is 0. The van der Waals surface area contributed by atoms with E-state index in [1.54, 1.807) is 0 Å². The molecule has 20 heavy (non-hydrogen) atoms. The molecule has 2 rings (SSSR count). The van der Waals surface area contributed by atoms with E-state index >= 15 is 0 Å². The molecule has 0 radical (unpaired) electrons. The number of hydrogen-bond acceptors (Lipinski definition) is 4. The summed E-state index contributed by atoms with van der Waals surface area (Å²) >= 11 is 3.39. The van der Waals surface area contributed by atoms with Crippen LogP contribution in [0.4, 0.5) is 5.69 Å². The van der Waals surface area contributed by atoms with E-state index in [1.165, 1.54) is 0 Å². The van der Waals surface area contributed by atoms with Crippen LogP contribution in [-0.2, 0) is 16.1 Å². The molecule has 0 saturated carbocycles. The van der Waals surface area contributed by atoms with E-state index in [0.717, 1.165) is 16.6 Å². The number of benzene rings is 1. The number of halogens is 1. The fourth-order valence-corrected chi connectivity index (χ4v) is 2.53. The molecule has 1 amide bonds. The third kappa shape index (κ3) is 3.71. The molecule has 0 bridgehead atoms. The molecule has 1 aromatic carbocycles. The molecule has 0 aromatic heterocycles. The number of rotatable bonds is 4. The van der Waals surface area contributed by atoms with Gasteiger partial charge >= 0.3 is 0 Å². The second-order valence-corrected chi connectivity index (χ2v) is 5.67. The first-order valence-electron chi connectivity index (χ1n) is 6.75. The van der Waals surface area contributed by atoms with E-state index in [-0.39, 0.29) is 11.9 Å². The molecule has 1 heterocycles. The largest absolute Gasteiger partial charge is 0.398 e. The highest BCUT2D eigenvalue weighted by Crippen LogP contribution is 2.22. The summed E-state index contributed by atoms with van der Waals surface area (Å²) in [5.41, 5.74) is 7.71. The lowest BCUT2D eigenvalue weighted by molar-refractivity contribution is -0.132. The normalized spacial score (nSPS) is 19.8. The first-order chi connectivity index (χ1) is 9.61.